The Bertz CT molecular complexity index is 342. The normalized spacial score (nSPS) is 21.5. The number of hydrogen-bond acceptors (Lipinski definition) is 4. The van der Waals surface area contributed by atoms with E-state index < -0.39 is 0 Å². The van der Waals surface area contributed by atoms with Crippen molar-refractivity contribution in [2.45, 2.75) is 19.3 Å². The third-order valence-electron chi connectivity index (χ3n) is 2.75. The molecule has 0 spiro atoms. The molecule has 0 N–H and O–H groups in total. The minimum absolute atomic E-state index is 0.0513. The molecule has 2 heterocycles. The Balaban J connectivity index is 1.94. The van der Waals surface area contributed by atoms with E-state index in [1.54, 1.807) is 11.7 Å². The van der Waals surface area contributed by atoms with Gasteiger partial charge >= 0.3 is 0 Å². The van der Waals surface area contributed by atoms with Crippen LogP contribution in [0.1, 0.15) is 18.7 Å². The van der Waals surface area contributed by atoms with E-state index in [1.807, 2.05) is 0 Å². The Morgan fingerprint density at radius 2 is 2.60 bits per heavy atom. The zero-order chi connectivity index (χ0) is 10.7. The van der Waals surface area contributed by atoms with Gasteiger partial charge in [0.05, 0.1) is 13.0 Å². The van der Waals surface area contributed by atoms with Crippen LogP contribution in [0.15, 0.2) is 6.33 Å². The topological polar surface area (TPSA) is 57.0 Å². The number of ketones is 1. The van der Waals surface area contributed by atoms with Crippen LogP contribution in [0, 0.1) is 5.92 Å². The van der Waals surface area contributed by atoms with Gasteiger partial charge in [-0.15, -0.1) is 0 Å². The number of ether oxygens (including phenoxy) is 1. The van der Waals surface area contributed by atoms with E-state index in [-0.39, 0.29) is 11.7 Å². The number of carbonyl (C=O) groups excluding carboxylic acids is 1. The second-order valence-electron chi connectivity index (χ2n) is 3.86. The molecule has 1 unspecified atom stereocenters. The molecule has 0 aliphatic carbocycles. The molecule has 1 aromatic rings. The van der Waals surface area contributed by atoms with Gasteiger partial charge < -0.3 is 4.74 Å². The van der Waals surface area contributed by atoms with Crippen molar-refractivity contribution in [1.82, 2.24) is 14.8 Å². The highest BCUT2D eigenvalue weighted by Gasteiger charge is 2.22. The first-order valence-corrected chi connectivity index (χ1v) is 5.20. The third-order valence-corrected chi connectivity index (χ3v) is 2.75. The van der Waals surface area contributed by atoms with Gasteiger partial charge in [-0.3, -0.25) is 9.48 Å². The maximum Gasteiger partial charge on any atom is 0.145 e. The van der Waals surface area contributed by atoms with E-state index in [0.717, 1.165) is 25.3 Å². The molecule has 1 aliphatic heterocycles. The number of aromatic nitrogens is 3. The molecule has 1 aromatic heterocycles. The molecular formula is C10H15N3O2. The number of nitrogens with zero attached hydrogens (tertiary/aromatic N) is 3. The summed E-state index contributed by atoms with van der Waals surface area (Å²) in [6, 6.07) is 0. The van der Waals surface area contributed by atoms with Gasteiger partial charge in [0.25, 0.3) is 0 Å². The summed E-state index contributed by atoms with van der Waals surface area (Å²) in [4.78, 5) is 15.9. The van der Waals surface area contributed by atoms with Crippen LogP contribution in [-0.4, -0.2) is 33.8 Å². The van der Waals surface area contributed by atoms with Crippen molar-refractivity contribution < 1.29 is 9.53 Å². The smallest absolute Gasteiger partial charge is 0.145 e. The lowest BCUT2D eigenvalue weighted by Gasteiger charge is -2.20. The van der Waals surface area contributed by atoms with Crippen LogP contribution in [0.2, 0.25) is 0 Å². The molecular weight excluding hydrogens is 194 g/mol. The van der Waals surface area contributed by atoms with E-state index in [4.69, 9.17) is 4.74 Å². The molecule has 2 rings (SSSR count). The molecule has 1 saturated heterocycles. The lowest BCUT2D eigenvalue weighted by molar-refractivity contribution is -0.126. The minimum Gasteiger partial charge on any atom is -0.381 e. The maximum absolute atomic E-state index is 11.9. The average molecular weight is 209 g/mol. The zero-order valence-electron chi connectivity index (χ0n) is 8.85. The number of rotatable bonds is 3. The van der Waals surface area contributed by atoms with Crippen LogP contribution >= 0.6 is 0 Å². The quantitative estimate of drug-likeness (QED) is 0.721. The fourth-order valence-electron chi connectivity index (χ4n) is 1.78. The van der Waals surface area contributed by atoms with Crippen molar-refractivity contribution >= 4 is 5.78 Å². The molecule has 5 heteroatoms. The largest absolute Gasteiger partial charge is 0.381 e. The van der Waals surface area contributed by atoms with Gasteiger partial charge in [0, 0.05) is 19.6 Å². The summed E-state index contributed by atoms with van der Waals surface area (Å²) < 4.78 is 6.93. The van der Waals surface area contributed by atoms with E-state index in [2.05, 4.69) is 10.1 Å². The Morgan fingerprint density at radius 3 is 3.20 bits per heavy atom. The predicted octanol–water partition coefficient (Wildman–Crippen LogP) is 0.353. The van der Waals surface area contributed by atoms with E-state index in [1.165, 1.54) is 6.33 Å². The van der Waals surface area contributed by atoms with Crippen LogP contribution in [0.4, 0.5) is 0 Å². The van der Waals surface area contributed by atoms with Crippen molar-refractivity contribution in [3.8, 4) is 0 Å². The predicted molar refractivity (Wildman–Crippen MR) is 53.3 cm³/mol. The fourth-order valence-corrected chi connectivity index (χ4v) is 1.78. The first-order chi connectivity index (χ1) is 7.27. The lowest BCUT2D eigenvalue weighted by atomic mass is 9.95. The average Bonchev–Trinajstić information content (AvgIpc) is 2.66. The summed E-state index contributed by atoms with van der Waals surface area (Å²) in [5.74, 6) is 0.992. The highest BCUT2D eigenvalue weighted by molar-refractivity contribution is 5.82. The maximum atomic E-state index is 11.9. The molecule has 5 nitrogen and oxygen atoms in total. The summed E-state index contributed by atoms with van der Waals surface area (Å²) in [6.07, 6.45) is 3.76. The summed E-state index contributed by atoms with van der Waals surface area (Å²) in [5.41, 5.74) is 0. The highest BCUT2D eigenvalue weighted by atomic mass is 16.5. The molecule has 15 heavy (non-hydrogen) atoms. The van der Waals surface area contributed by atoms with Gasteiger partial charge in [0.1, 0.15) is 17.9 Å². The summed E-state index contributed by atoms with van der Waals surface area (Å²) in [5, 5.41) is 3.94. The molecule has 0 aromatic carbocycles. The van der Waals surface area contributed by atoms with Crippen LogP contribution in [0.3, 0.4) is 0 Å². The second kappa shape index (κ2) is 4.53. The first-order valence-electron chi connectivity index (χ1n) is 5.20. The summed E-state index contributed by atoms with van der Waals surface area (Å²) >= 11 is 0. The first kappa shape index (κ1) is 10.3. The minimum atomic E-state index is 0.0513. The lowest BCUT2D eigenvalue weighted by Crippen LogP contribution is -2.27. The molecule has 1 atom stereocenters. The van der Waals surface area contributed by atoms with Crippen LogP contribution in [0.5, 0.6) is 0 Å². The standard InChI is InChI=1S/C10H15N3O2/c1-13-10(11-7-12-13)5-9(14)8-3-2-4-15-6-8/h7-8H,2-6H2,1H3. The van der Waals surface area contributed by atoms with Gasteiger partial charge in [-0.25, -0.2) is 4.98 Å². The van der Waals surface area contributed by atoms with Gasteiger partial charge in [-0.2, -0.15) is 5.10 Å². The van der Waals surface area contributed by atoms with E-state index >= 15 is 0 Å². The number of aryl methyl sites for hydroxylation is 1. The molecule has 82 valence electrons. The van der Waals surface area contributed by atoms with Gasteiger partial charge in [-0.1, -0.05) is 0 Å². The van der Waals surface area contributed by atoms with Gasteiger partial charge in [0.15, 0.2) is 0 Å². The fraction of sp³-hybridized carbons (Fsp3) is 0.700. The van der Waals surface area contributed by atoms with Crippen molar-refractivity contribution in [2.24, 2.45) is 13.0 Å². The molecule has 1 fully saturated rings. The number of Topliss-reactive ketones (excluding diaryl/α,β-unsaturated/α-hetero) is 1. The SMILES string of the molecule is Cn1ncnc1CC(=O)C1CCCOC1. The number of carbonyl (C=O) groups is 1. The molecule has 0 amide bonds. The summed E-state index contributed by atoms with van der Waals surface area (Å²) in [6.45, 7) is 1.35. The van der Waals surface area contributed by atoms with E-state index in [9.17, 15) is 4.79 Å². The van der Waals surface area contributed by atoms with Crippen molar-refractivity contribution in [2.75, 3.05) is 13.2 Å². The van der Waals surface area contributed by atoms with Gasteiger partial charge in [-0.05, 0) is 12.8 Å². The van der Waals surface area contributed by atoms with Crippen LogP contribution in [0.25, 0.3) is 0 Å². The Morgan fingerprint density at radius 1 is 1.73 bits per heavy atom. The monoisotopic (exact) mass is 209 g/mol. The Kier molecular flexibility index (Phi) is 3.11. The van der Waals surface area contributed by atoms with Crippen molar-refractivity contribution in [3.63, 3.8) is 0 Å². The van der Waals surface area contributed by atoms with Crippen LogP contribution < -0.4 is 0 Å². The Labute approximate surface area is 88.4 Å². The van der Waals surface area contributed by atoms with Crippen molar-refractivity contribution in [3.05, 3.63) is 12.2 Å². The number of hydrogen-bond donors (Lipinski definition) is 0. The van der Waals surface area contributed by atoms with Gasteiger partial charge in [0.2, 0.25) is 0 Å². The molecule has 0 saturated carbocycles. The summed E-state index contributed by atoms with van der Waals surface area (Å²) in [7, 11) is 1.80. The third kappa shape index (κ3) is 2.41. The van der Waals surface area contributed by atoms with Crippen LogP contribution in [-0.2, 0) is 23.0 Å². The molecule has 0 radical (unpaired) electrons. The molecule has 1 aliphatic rings. The van der Waals surface area contributed by atoms with Crippen molar-refractivity contribution in [1.29, 1.82) is 0 Å². The highest BCUT2D eigenvalue weighted by Crippen LogP contribution is 2.16. The zero-order valence-corrected chi connectivity index (χ0v) is 8.85. The Hall–Kier alpha value is -1.23. The van der Waals surface area contributed by atoms with E-state index in [0.29, 0.717) is 13.0 Å². The second-order valence-corrected chi connectivity index (χ2v) is 3.86. The molecule has 0 bridgehead atoms.